The predicted octanol–water partition coefficient (Wildman–Crippen LogP) is 6.85. The van der Waals surface area contributed by atoms with Crippen molar-refractivity contribution in [2.45, 2.75) is 13.3 Å². The maximum atomic E-state index is 11.2. The van der Waals surface area contributed by atoms with E-state index in [9.17, 15) is 4.79 Å². The summed E-state index contributed by atoms with van der Waals surface area (Å²) in [7, 11) is 0. The Morgan fingerprint density at radius 1 is 0.821 bits per heavy atom. The molecule has 0 saturated heterocycles. The van der Waals surface area contributed by atoms with Crippen LogP contribution in [0.1, 0.15) is 30.0 Å². The molecule has 3 rings (SSSR count). The van der Waals surface area contributed by atoms with Crippen molar-refractivity contribution in [3.8, 4) is 5.75 Å². The van der Waals surface area contributed by atoms with Crippen LogP contribution in [0.2, 0.25) is 5.02 Å². The van der Waals surface area contributed by atoms with Crippen LogP contribution in [-0.2, 0) is 4.79 Å². The van der Waals surface area contributed by atoms with E-state index in [1.807, 2.05) is 54.6 Å². The van der Waals surface area contributed by atoms with Crippen LogP contribution in [0.4, 0.5) is 0 Å². The molecule has 142 valence electrons. The molecule has 0 bridgehead atoms. The van der Waals surface area contributed by atoms with Gasteiger partial charge >= 0.3 is 5.97 Å². The molecule has 0 aliphatic rings. The maximum absolute atomic E-state index is 11.2. The Balaban J connectivity index is 2.19. The van der Waals surface area contributed by atoms with E-state index in [4.69, 9.17) is 27.9 Å². The quantitative estimate of drug-likeness (QED) is 0.192. The third kappa shape index (κ3) is 5.03. The van der Waals surface area contributed by atoms with Crippen molar-refractivity contribution < 1.29 is 9.53 Å². The molecule has 0 spiro atoms. The summed E-state index contributed by atoms with van der Waals surface area (Å²) in [6.45, 7) is 1.39. The number of carbonyl (C=O) groups is 1. The van der Waals surface area contributed by atoms with Gasteiger partial charge in [-0.2, -0.15) is 0 Å². The highest BCUT2D eigenvalue weighted by Gasteiger charge is 2.14. The van der Waals surface area contributed by atoms with Crippen LogP contribution < -0.4 is 4.74 Å². The smallest absolute Gasteiger partial charge is 0.308 e. The molecule has 0 fully saturated rings. The van der Waals surface area contributed by atoms with Crippen LogP contribution >= 0.6 is 23.2 Å². The van der Waals surface area contributed by atoms with Crippen molar-refractivity contribution >= 4 is 40.3 Å². The van der Waals surface area contributed by atoms with Gasteiger partial charge in [0.2, 0.25) is 0 Å². The second kappa shape index (κ2) is 9.59. The molecule has 0 radical (unpaired) electrons. The van der Waals surface area contributed by atoms with Gasteiger partial charge in [0, 0.05) is 17.8 Å². The van der Waals surface area contributed by atoms with Gasteiger partial charge in [-0.05, 0) is 58.5 Å². The van der Waals surface area contributed by atoms with Gasteiger partial charge in [-0.1, -0.05) is 66.2 Å². The normalized spacial score (nSPS) is 11.7. The lowest BCUT2D eigenvalue weighted by Gasteiger charge is -2.17. The molecule has 0 atom stereocenters. The van der Waals surface area contributed by atoms with Crippen LogP contribution in [0.15, 0.2) is 78.9 Å². The van der Waals surface area contributed by atoms with E-state index in [0.717, 1.165) is 34.3 Å². The van der Waals surface area contributed by atoms with Gasteiger partial charge in [-0.3, -0.25) is 4.79 Å². The summed E-state index contributed by atoms with van der Waals surface area (Å²) in [5, 5.41) is 0.687. The van der Waals surface area contributed by atoms with Gasteiger partial charge < -0.3 is 4.74 Å². The topological polar surface area (TPSA) is 26.3 Å². The molecular formula is C24H20Cl2O2. The molecule has 0 saturated carbocycles. The van der Waals surface area contributed by atoms with E-state index in [2.05, 4.69) is 12.1 Å². The monoisotopic (exact) mass is 410 g/mol. The Morgan fingerprint density at radius 2 is 1.39 bits per heavy atom. The lowest BCUT2D eigenvalue weighted by atomic mass is 9.88. The molecule has 3 aromatic carbocycles. The van der Waals surface area contributed by atoms with Gasteiger partial charge in [0.25, 0.3) is 0 Å². The van der Waals surface area contributed by atoms with Crippen molar-refractivity contribution in [3.05, 3.63) is 101 Å². The molecule has 0 aromatic heterocycles. The van der Waals surface area contributed by atoms with E-state index in [0.29, 0.717) is 16.7 Å². The molecule has 0 heterocycles. The first-order valence-corrected chi connectivity index (χ1v) is 9.89. The molecule has 3 aromatic rings. The van der Waals surface area contributed by atoms with Gasteiger partial charge in [0.15, 0.2) is 0 Å². The highest BCUT2D eigenvalue weighted by molar-refractivity contribution is 6.30. The van der Waals surface area contributed by atoms with Gasteiger partial charge in [-0.15, -0.1) is 11.6 Å². The summed E-state index contributed by atoms with van der Waals surface area (Å²) in [5.74, 6) is 0.686. The fourth-order valence-electron chi connectivity index (χ4n) is 3.13. The first-order chi connectivity index (χ1) is 13.6. The molecule has 4 heteroatoms. The third-order valence-electron chi connectivity index (χ3n) is 4.31. The number of hydrogen-bond donors (Lipinski definition) is 0. The van der Waals surface area contributed by atoms with Crippen LogP contribution in [0, 0.1) is 0 Å². The number of halogens is 2. The Labute approximate surface area is 175 Å². The van der Waals surface area contributed by atoms with Gasteiger partial charge in [0.05, 0.1) is 0 Å². The molecular weight excluding hydrogens is 391 g/mol. The lowest BCUT2D eigenvalue weighted by molar-refractivity contribution is -0.131. The molecule has 0 amide bonds. The van der Waals surface area contributed by atoms with Crippen molar-refractivity contribution in [2.75, 3.05) is 5.88 Å². The summed E-state index contributed by atoms with van der Waals surface area (Å²) >= 11 is 12.3. The number of esters is 1. The Kier molecular flexibility index (Phi) is 6.91. The van der Waals surface area contributed by atoms with Crippen LogP contribution in [0.5, 0.6) is 5.75 Å². The van der Waals surface area contributed by atoms with Crippen molar-refractivity contribution in [2.24, 2.45) is 0 Å². The van der Waals surface area contributed by atoms with Crippen molar-refractivity contribution in [1.29, 1.82) is 0 Å². The van der Waals surface area contributed by atoms with Gasteiger partial charge in [0.1, 0.15) is 5.75 Å². The zero-order chi connectivity index (χ0) is 19.9. The SMILES string of the molecule is CC(=O)Oc1ccc(C(=C(CCCl)c2ccccc2)c2ccc(Cl)cc2)cc1. The summed E-state index contributed by atoms with van der Waals surface area (Å²) in [6, 6.07) is 25.5. The second-order valence-corrected chi connectivity index (χ2v) is 7.10. The molecule has 0 unspecified atom stereocenters. The summed E-state index contributed by atoms with van der Waals surface area (Å²) in [6.07, 6.45) is 0.717. The van der Waals surface area contributed by atoms with E-state index in [1.165, 1.54) is 6.92 Å². The fraction of sp³-hybridized carbons (Fsp3) is 0.125. The van der Waals surface area contributed by atoms with Crippen LogP contribution in [-0.4, -0.2) is 11.8 Å². The summed E-state index contributed by atoms with van der Waals surface area (Å²) < 4.78 is 5.17. The number of benzene rings is 3. The van der Waals surface area contributed by atoms with Crippen molar-refractivity contribution in [1.82, 2.24) is 0 Å². The average Bonchev–Trinajstić information content (AvgIpc) is 2.70. The Hall–Kier alpha value is -2.55. The molecule has 0 N–H and O–H groups in total. The lowest BCUT2D eigenvalue weighted by Crippen LogP contribution is -2.01. The van der Waals surface area contributed by atoms with E-state index >= 15 is 0 Å². The molecule has 0 aliphatic heterocycles. The highest BCUT2D eigenvalue weighted by atomic mass is 35.5. The number of carbonyl (C=O) groups excluding carboxylic acids is 1. The summed E-state index contributed by atoms with van der Waals surface area (Å²) in [4.78, 5) is 11.2. The molecule has 28 heavy (non-hydrogen) atoms. The third-order valence-corrected chi connectivity index (χ3v) is 4.75. The minimum absolute atomic E-state index is 0.340. The first kappa shape index (κ1) is 20.2. The number of hydrogen-bond acceptors (Lipinski definition) is 2. The highest BCUT2D eigenvalue weighted by Crippen LogP contribution is 2.35. The zero-order valence-electron chi connectivity index (χ0n) is 15.5. The number of ether oxygens (including phenoxy) is 1. The molecule has 2 nitrogen and oxygen atoms in total. The zero-order valence-corrected chi connectivity index (χ0v) is 17.0. The standard InChI is InChI=1S/C24H20Cl2O2/c1-17(27)28-22-13-9-20(10-14-22)24(19-7-11-21(26)12-8-19)23(15-16-25)18-5-3-2-4-6-18/h2-14H,15-16H2,1H3. The summed E-state index contributed by atoms with van der Waals surface area (Å²) in [5.41, 5.74) is 5.42. The van der Waals surface area contributed by atoms with Crippen molar-refractivity contribution in [3.63, 3.8) is 0 Å². The minimum atomic E-state index is -0.340. The average molecular weight is 411 g/mol. The molecule has 0 aliphatic carbocycles. The minimum Gasteiger partial charge on any atom is -0.427 e. The number of alkyl halides is 1. The predicted molar refractivity (Wildman–Crippen MR) is 117 cm³/mol. The van der Waals surface area contributed by atoms with E-state index < -0.39 is 0 Å². The number of allylic oxidation sites excluding steroid dienone is 1. The van der Waals surface area contributed by atoms with Crippen LogP contribution in [0.3, 0.4) is 0 Å². The van der Waals surface area contributed by atoms with Gasteiger partial charge in [-0.25, -0.2) is 0 Å². The second-order valence-electron chi connectivity index (χ2n) is 6.28. The van der Waals surface area contributed by atoms with E-state index in [1.54, 1.807) is 12.1 Å². The maximum Gasteiger partial charge on any atom is 0.308 e. The Morgan fingerprint density at radius 3 is 1.93 bits per heavy atom. The number of rotatable bonds is 6. The Bertz CT molecular complexity index is 960. The van der Waals surface area contributed by atoms with Crippen LogP contribution in [0.25, 0.3) is 11.1 Å². The fourth-order valence-corrected chi connectivity index (χ4v) is 3.45. The first-order valence-electron chi connectivity index (χ1n) is 8.98. The van der Waals surface area contributed by atoms with E-state index in [-0.39, 0.29) is 5.97 Å². The largest absolute Gasteiger partial charge is 0.427 e.